The highest BCUT2D eigenvalue weighted by molar-refractivity contribution is 7.89. The molecule has 0 spiro atoms. The predicted molar refractivity (Wildman–Crippen MR) is 103 cm³/mol. The molecule has 3 aliphatic heterocycles. The zero-order valence-corrected chi connectivity index (χ0v) is 16.7. The van der Waals surface area contributed by atoms with Crippen molar-refractivity contribution in [2.24, 2.45) is 5.92 Å². The summed E-state index contributed by atoms with van der Waals surface area (Å²) in [6.45, 7) is 4.74. The SMILES string of the molecule is CCCS(=O)(=O)N1CCC[C@@H]2CN3CCc4cc(OC)ccc4[C@@H]3C[C@@H]21. The van der Waals surface area contributed by atoms with Gasteiger partial charge < -0.3 is 4.74 Å². The molecule has 0 bridgehead atoms. The molecule has 1 aromatic rings. The van der Waals surface area contributed by atoms with Crippen LogP contribution >= 0.6 is 0 Å². The summed E-state index contributed by atoms with van der Waals surface area (Å²) in [5.74, 6) is 1.67. The van der Waals surface area contributed by atoms with E-state index >= 15 is 0 Å². The van der Waals surface area contributed by atoms with Crippen molar-refractivity contribution in [2.75, 3.05) is 32.5 Å². The topological polar surface area (TPSA) is 49.9 Å². The van der Waals surface area contributed by atoms with Crippen LogP contribution in [0.1, 0.15) is 49.8 Å². The Kier molecular flexibility index (Phi) is 5.01. The first kappa shape index (κ1) is 18.3. The number of sulfonamides is 1. The van der Waals surface area contributed by atoms with Gasteiger partial charge >= 0.3 is 0 Å². The molecular weight excluding hydrogens is 348 g/mol. The van der Waals surface area contributed by atoms with Gasteiger partial charge in [0.2, 0.25) is 10.0 Å². The Labute approximate surface area is 157 Å². The standard InChI is InChI=1S/C20H30N2O3S/c1-3-11-26(23,24)22-9-4-5-16-14-21-10-8-15-12-17(25-2)6-7-18(15)20(21)13-19(16)22/h6-7,12,16,19-20H,3-5,8-11,13-14H2,1-2H3/t16-,19+,20+/m1/s1. The van der Waals surface area contributed by atoms with E-state index in [4.69, 9.17) is 4.74 Å². The largest absolute Gasteiger partial charge is 0.497 e. The first-order valence-electron chi connectivity index (χ1n) is 9.94. The van der Waals surface area contributed by atoms with Gasteiger partial charge in [0, 0.05) is 31.7 Å². The summed E-state index contributed by atoms with van der Waals surface area (Å²) in [4.78, 5) is 2.59. The van der Waals surface area contributed by atoms with Gasteiger partial charge in [0.25, 0.3) is 0 Å². The lowest BCUT2D eigenvalue weighted by atomic mass is 9.77. The van der Waals surface area contributed by atoms with Crippen LogP contribution in [0.3, 0.4) is 0 Å². The first-order valence-corrected chi connectivity index (χ1v) is 11.5. The minimum Gasteiger partial charge on any atom is -0.497 e. The molecule has 0 saturated carbocycles. The van der Waals surface area contributed by atoms with Crippen molar-refractivity contribution in [3.8, 4) is 5.75 Å². The Bertz CT molecular complexity index is 764. The molecule has 0 unspecified atom stereocenters. The highest BCUT2D eigenvalue weighted by Gasteiger charge is 2.45. The molecular formula is C20H30N2O3S. The van der Waals surface area contributed by atoms with Crippen molar-refractivity contribution >= 4 is 10.0 Å². The van der Waals surface area contributed by atoms with Gasteiger partial charge in [-0.25, -0.2) is 8.42 Å². The van der Waals surface area contributed by atoms with E-state index in [-0.39, 0.29) is 11.8 Å². The second kappa shape index (κ2) is 7.13. The normalized spacial score (nSPS) is 29.5. The van der Waals surface area contributed by atoms with Gasteiger partial charge in [-0.3, -0.25) is 4.90 Å². The van der Waals surface area contributed by atoms with Crippen molar-refractivity contribution < 1.29 is 13.2 Å². The Hall–Kier alpha value is -1.11. The Morgan fingerprint density at radius 3 is 2.88 bits per heavy atom. The lowest BCUT2D eigenvalue weighted by Gasteiger charge is -2.51. The van der Waals surface area contributed by atoms with Gasteiger partial charge in [-0.2, -0.15) is 4.31 Å². The van der Waals surface area contributed by atoms with Gasteiger partial charge in [-0.15, -0.1) is 0 Å². The third-order valence-corrected chi connectivity index (χ3v) is 8.53. The van der Waals surface area contributed by atoms with E-state index in [2.05, 4.69) is 17.0 Å². The van der Waals surface area contributed by atoms with Gasteiger partial charge in [-0.05, 0) is 61.3 Å². The number of rotatable bonds is 4. The number of methoxy groups -OCH3 is 1. The highest BCUT2D eigenvalue weighted by atomic mass is 32.2. The quantitative estimate of drug-likeness (QED) is 0.808. The molecule has 144 valence electrons. The van der Waals surface area contributed by atoms with E-state index in [1.807, 2.05) is 17.3 Å². The van der Waals surface area contributed by atoms with Crippen LogP contribution in [-0.2, 0) is 16.4 Å². The van der Waals surface area contributed by atoms with E-state index in [0.717, 1.165) is 44.5 Å². The smallest absolute Gasteiger partial charge is 0.214 e. The molecule has 3 aliphatic rings. The number of hydrogen-bond acceptors (Lipinski definition) is 4. The second-order valence-electron chi connectivity index (χ2n) is 7.96. The fourth-order valence-electron chi connectivity index (χ4n) is 5.24. The molecule has 2 saturated heterocycles. The molecule has 5 nitrogen and oxygen atoms in total. The lowest BCUT2D eigenvalue weighted by molar-refractivity contribution is 0.0220. The van der Waals surface area contributed by atoms with Crippen molar-refractivity contribution in [3.63, 3.8) is 0 Å². The fourth-order valence-corrected chi connectivity index (χ4v) is 7.07. The van der Waals surface area contributed by atoms with Crippen LogP contribution in [0, 0.1) is 5.92 Å². The van der Waals surface area contributed by atoms with Crippen LogP contribution in [0.2, 0.25) is 0 Å². The fraction of sp³-hybridized carbons (Fsp3) is 0.700. The summed E-state index contributed by atoms with van der Waals surface area (Å²) in [5.41, 5.74) is 2.73. The second-order valence-corrected chi connectivity index (χ2v) is 10.00. The van der Waals surface area contributed by atoms with Crippen molar-refractivity contribution in [1.82, 2.24) is 9.21 Å². The van der Waals surface area contributed by atoms with Crippen molar-refractivity contribution in [1.29, 1.82) is 0 Å². The van der Waals surface area contributed by atoms with E-state index in [0.29, 0.717) is 24.9 Å². The molecule has 4 rings (SSSR count). The highest BCUT2D eigenvalue weighted by Crippen LogP contribution is 2.44. The summed E-state index contributed by atoms with van der Waals surface area (Å²) in [5, 5.41) is 0. The van der Waals surface area contributed by atoms with Crippen LogP contribution in [0.15, 0.2) is 18.2 Å². The van der Waals surface area contributed by atoms with Crippen LogP contribution in [0.25, 0.3) is 0 Å². The summed E-state index contributed by atoms with van der Waals surface area (Å²) in [7, 11) is -1.43. The summed E-state index contributed by atoms with van der Waals surface area (Å²) in [6, 6.07) is 6.89. The summed E-state index contributed by atoms with van der Waals surface area (Å²) >= 11 is 0. The van der Waals surface area contributed by atoms with Crippen molar-refractivity contribution in [3.05, 3.63) is 29.3 Å². The van der Waals surface area contributed by atoms with E-state index < -0.39 is 10.0 Å². The number of ether oxygens (including phenoxy) is 1. The van der Waals surface area contributed by atoms with E-state index in [9.17, 15) is 8.42 Å². The molecule has 0 radical (unpaired) electrons. The van der Waals surface area contributed by atoms with Gasteiger partial charge in [0.05, 0.1) is 12.9 Å². The molecule has 1 aromatic carbocycles. The van der Waals surface area contributed by atoms with Crippen LogP contribution in [0.4, 0.5) is 0 Å². The number of piperidine rings is 2. The van der Waals surface area contributed by atoms with Gasteiger partial charge in [0.1, 0.15) is 5.75 Å². The third kappa shape index (κ3) is 3.16. The molecule has 2 fully saturated rings. The Morgan fingerprint density at radius 2 is 2.12 bits per heavy atom. The zero-order valence-electron chi connectivity index (χ0n) is 15.9. The van der Waals surface area contributed by atoms with Gasteiger partial charge in [0.15, 0.2) is 0 Å². The van der Waals surface area contributed by atoms with Crippen LogP contribution in [-0.4, -0.2) is 56.2 Å². The number of benzene rings is 1. The molecule has 6 heteroatoms. The van der Waals surface area contributed by atoms with Crippen LogP contribution in [0.5, 0.6) is 5.75 Å². The molecule has 3 heterocycles. The minimum absolute atomic E-state index is 0.162. The lowest BCUT2D eigenvalue weighted by Crippen LogP contribution is -2.57. The maximum atomic E-state index is 12.8. The van der Waals surface area contributed by atoms with Gasteiger partial charge in [-0.1, -0.05) is 13.0 Å². The number of hydrogen-bond donors (Lipinski definition) is 0. The maximum Gasteiger partial charge on any atom is 0.214 e. The molecule has 3 atom stereocenters. The Balaban J connectivity index is 1.63. The molecule has 0 amide bonds. The predicted octanol–water partition coefficient (Wildman–Crippen LogP) is 2.82. The summed E-state index contributed by atoms with van der Waals surface area (Å²) < 4.78 is 32.9. The van der Waals surface area contributed by atoms with Crippen molar-refractivity contribution in [2.45, 2.75) is 51.1 Å². The molecule has 0 aliphatic carbocycles. The molecule has 0 aromatic heterocycles. The molecule has 0 N–H and O–H groups in total. The van der Waals surface area contributed by atoms with E-state index in [1.165, 1.54) is 11.1 Å². The molecule has 26 heavy (non-hydrogen) atoms. The third-order valence-electron chi connectivity index (χ3n) is 6.44. The average molecular weight is 379 g/mol. The monoisotopic (exact) mass is 378 g/mol. The van der Waals surface area contributed by atoms with E-state index in [1.54, 1.807) is 7.11 Å². The zero-order chi connectivity index (χ0) is 18.3. The number of nitrogens with zero attached hydrogens (tertiary/aromatic N) is 2. The number of fused-ring (bicyclic) bond motifs is 4. The van der Waals surface area contributed by atoms with Crippen LogP contribution < -0.4 is 4.74 Å². The average Bonchev–Trinajstić information content (AvgIpc) is 2.65. The first-order chi connectivity index (χ1) is 12.5. The minimum atomic E-state index is -3.13. The summed E-state index contributed by atoms with van der Waals surface area (Å²) in [6.07, 6.45) is 4.82. The Morgan fingerprint density at radius 1 is 1.27 bits per heavy atom. The maximum absolute atomic E-state index is 12.8.